The quantitative estimate of drug-likeness (QED) is 0.425. The van der Waals surface area contributed by atoms with Gasteiger partial charge in [-0.25, -0.2) is 9.97 Å². The second kappa shape index (κ2) is 7.78. The van der Waals surface area contributed by atoms with Crippen molar-refractivity contribution in [2.24, 2.45) is 5.41 Å². The highest BCUT2D eigenvalue weighted by molar-refractivity contribution is 7.99. The lowest BCUT2D eigenvalue weighted by Crippen LogP contribution is -2.43. The average Bonchev–Trinajstić information content (AvgIpc) is 3.41. The van der Waals surface area contributed by atoms with E-state index < -0.39 is 0 Å². The smallest absolute Gasteiger partial charge is 0.211 e. The van der Waals surface area contributed by atoms with Gasteiger partial charge in [-0.05, 0) is 48.2 Å². The van der Waals surface area contributed by atoms with Gasteiger partial charge in [0.2, 0.25) is 5.95 Å². The zero-order valence-corrected chi connectivity index (χ0v) is 18.9. The first-order chi connectivity index (χ1) is 15.6. The molecule has 1 spiro atoms. The van der Waals surface area contributed by atoms with E-state index in [1.807, 2.05) is 36.9 Å². The molecule has 1 atom stereocenters. The minimum atomic E-state index is 0.0541. The van der Waals surface area contributed by atoms with Crippen LogP contribution in [-0.2, 0) is 6.42 Å². The third-order valence-corrected chi connectivity index (χ3v) is 8.31. The second-order valence-corrected chi connectivity index (χ2v) is 9.99. The van der Waals surface area contributed by atoms with Crippen LogP contribution in [0.1, 0.15) is 29.9 Å². The summed E-state index contributed by atoms with van der Waals surface area (Å²) >= 11 is 7.86. The fraction of sp³-hybridized carbons (Fsp3) is 0.304. The van der Waals surface area contributed by atoms with Gasteiger partial charge in [0, 0.05) is 60.9 Å². The molecule has 0 aromatic carbocycles. The maximum absolute atomic E-state index is 6.71. The lowest BCUT2D eigenvalue weighted by Gasteiger charge is -2.43. The van der Waals surface area contributed by atoms with Gasteiger partial charge < -0.3 is 4.90 Å². The lowest BCUT2D eigenvalue weighted by molar-refractivity contribution is 0.222. The molecule has 1 aliphatic heterocycles. The van der Waals surface area contributed by atoms with E-state index in [9.17, 15) is 0 Å². The van der Waals surface area contributed by atoms with Crippen molar-refractivity contribution >= 4 is 42.8 Å². The Morgan fingerprint density at radius 3 is 2.72 bits per heavy atom. The normalized spacial score (nSPS) is 19.5. The minimum absolute atomic E-state index is 0.0541. The van der Waals surface area contributed by atoms with Crippen LogP contribution >= 0.6 is 23.4 Å². The molecule has 1 unspecified atom stereocenters. The largest absolute Gasteiger partial charge is 0.342 e. The summed E-state index contributed by atoms with van der Waals surface area (Å²) in [4.78, 5) is 22.3. The van der Waals surface area contributed by atoms with Crippen LogP contribution in [0.15, 0.2) is 65.2 Å². The molecule has 5 heterocycles. The Bertz CT molecular complexity index is 1300. The molecular formula is C23H20BClN6S. The number of hydrogen-bond donors (Lipinski definition) is 0. The summed E-state index contributed by atoms with van der Waals surface area (Å²) in [5, 5.41) is 0.621. The van der Waals surface area contributed by atoms with Gasteiger partial charge >= 0.3 is 0 Å². The summed E-state index contributed by atoms with van der Waals surface area (Å²) in [7, 11) is 6.71. The molecule has 0 amide bonds. The van der Waals surface area contributed by atoms with E-state index in [2.05, 4.69) is 30.3 Å². The Morgan fingerprint density at radius 2 is 1.91 bits per heavy atom. The van der Waals surface area contributed by atoms with Gasteiger partial charge in [-0.1, -0.05) is 29.4 Å². The van der Waals surface area contributed by atoms with Crippen molar-refractivity contribution in [2.45, 2.75) is 34.9 Å². The summed E-state index contributed by atoms with van der Waals surface area (Å²) in [6.45, 7) is 1.81. The summed E-state index contributed by atoms with van der Waals surface area (Å²) in [6, 6.07) is 6.03. The van der Waals surface area contributed by atoms with E-state index in [4.69, 9.17) is 24.4 Å². The number of anilines is 1. The molecule has 6 rings (SSSR count). The summed E-state index contributed by atoms with van der Waals surface area (Å²) in [6.07, 6.45) is 14.0. The van der Waals surface area contributed by atoms with Crippen molar-refractivity contribution in [1.82, 2.24) is 24.3 Å². The van der Waals surface area contributed by atoms with Gasteiger partial charge in [0.25, 0.3) is 0 Å². The van der Waals surface area contributed by atoms with Gasteiger partial charge in [0.05, 0.1) is 17.8 Å². The molecule has 2 aliphatic rings. The Morgan fingerprint density at radius 1 is 1.03 bits per heavy atom. The highest BCUT2D eigenvalue weighted by Crippen LogP contribution is 2.51. The summed E-state index contributed by atoms with van der Waals surface area (Å²) in [5.41, 5.74) is 3.35. The third-order valence-electron chi connectivity index (χ3n) is 6.81. The van der Waals surface area contributed by atoms with E-state index in [0.717, 1.165) is 53.7 Å². The number of fused-ring (bicyclic) bond motifs is 2. The maximum Gasteiger partial charge on any atom is 0.211 e. The van der Waals surface area contributed by atoms with Crippen LogP contribution in [-0.4, -0.2) is 45.3 Å². The van der Waals surface area contributed by atoms with Gasteiger partial charge in [-0.2, -0.15) is 0 Å². The van der Waals surface area contributed by atoms with E-state index >= 15 is 0 Å². The molecule has 0 N–H and O–H groups in total. The Hall–Kier alpha value is -2.58. The number of rotatable bonds is 3. The standard InChI is InChI=1S/C23H20BClN6S/c24-20-15-2-1-6-27-17(15)12-23(20)4-9-30(10-5-23)22-29-14-19(21-28-8-11-31(21)22)32-18-3-7-26-13-16(18)25/h1-3,6-8,11,13-14,20H,4-5,9-10,12H2. The number of aromatic nitrogens is 5. The Balaban J connectivity index is 1.25. The number of piperidine rings is 1. The maximum atomic E-state index is 6.71. The van der Waals surface area contributed by atoms with Crippen LogP contribution in [0.4, 0.5) is 5.95 Å². The van der Waals surface area contributed by atoms with Gasteiger partial charge in [-0.15, -0.1) is 0 Å². The van der Waals surface area contributed by atoms with Gasteiger partial charge in [-0.3, -0.25) is 14.4 Å². The highest BCUT2D eigenvalue weighted by Gasteiger charge is 2.45. The number of pyridine rings is 2. The van der Waals surface area contributed by atoms with Crippen LogP contribution in [0.2, 0.25) is 5.02 Å². The summed E-state index contributed by atoms with van der Waals surface area (Å²) < 4.78 is 2.07. The van der Waals surface area contributed by atoms with Crippen LogP contribution in [0.3, 0.4) is 0 Å². The molecule has 158 valence electrons. The number of hydrogen-bond acceptors (Lipinski definition) is 6. The van der Waals surface area contributed by atoms with E-state index in [0.29, 0.717) is 5.02 Å². The predicted molar refractivity (Wildman–Crippen MR) is 127 cm³/mol. The molecule has 9 heteroatoms. The van der Waals surface area contributed by atoms with Crippen molar-refractivity contribution in [3.05, 3.63) is 71.7 Å². The molecule has 6 nitrogen and oxygen atoms in total. The van der Waals surface area contributed by atoms with Crippen LogP contribution in [0.25, 0.3) is 5.65 Å². The molecular weight excluding hydrogens is 439 g/mol. The first kappa shape index (κ1) is 20.1. The minimum Gasteiger partial charge on any atom is -0.342 e. The number of nitrogens with zero attached hydrogens (tertiary/aromatic N) is 6. The molecule has 2 radical (unpaired) electrons. The van der Waals surface area contributed by atoms with Crippen molar-refractivity contribution < 1.29 is 0 Å². The third kappa shape index (κ3) is 3.19. The van der Waals surface area contributed by atoms with E-state index in [1.165, 1.54) is 11.3 Å². The molecule has 4 aromatic heterocycles. The fourth-order valence-corrected chi connectivity index (χ4v) is 6.15. The second-order valence-electron chi connectivity index (χ2n) is 8.49. The SMILES string of the molecule is [B]C1c2cccnc2CC12CCN(c1ncc(Sc3ccncc3Cl)c3nccn13)CC2. The topological polar surface area (TPSA) is 59.2 Å². The van der Waals surface area contributed by atoms with Crippen LogP contribution in [0, 0.1) is 5.41 Å². The van der Waals surface area contributed by atoms with Gasteiger partial charge in [0.15, 0.2) is 5.65 Å². The van der Waals surface area contributed by atoms with Crippen molar-refractivity contribution in [1.29, 1.82) is 0 Å². The Kier molecular flexibility index (Phi) is 4.88. The molecule has 1 fully saturated rings. The van der Waals surface area contributed by atoms with E-state index in [1.54, 1.807) is 24.2 Å². The Labute approximate surface area is 196 Å². The molecule has 0 saturated carbocycles. The zero-order chi connectivity index (χ0) is 21.7. The highest BCUT2D eigenvalue weighted by atomic mass is 35.5. The lowest BCUT2D eigenvalue weighted by atomic mass is 9.61. The first-order valence-corrected chi connectivity index (χ1v) is 11.9. The monoisotopic (exact) mass is 458 g/mol. The van der Waals surface area contributed by atoms with Crippen LogP contribution < -0.4 is 4.90 Å². The number of imidazole rings is 1. The molecule has 32 heavy (non-hydrogen) atoms. The van der Waals surface area contributed by atoms with Crippen molar-refractivity contribution in [2.75, 3.05) is 18.0 Å². The molecule has 0 bridgehead atoms. The fourth-order valence-electron chi connectivity index (χ4n) is 5.05. The van der Waals surface area contributed by atoms with Crippen molar-refractivity contribution in [3.63, 3.8) is 0 Å². The number of halogens is 1. The first-order valence-electron chi connectivity index (χ1n) is 10.7. The zero-order valence-electron chi connectivity index (χ0n) is 17.4. The molecule has 1 aliphatic carbocycles. The van der Waals surface area contributed by atoms with Crippen molar-refractivity contribution in [3.8, 4) is 0 Å². The average molecular weight is 459 g/mol. The van der Waals surface area contributed by atoms with E-state index in [-0.39, 0.29) is 11.2 Å². The van der Waals surface area contributed by atoms with Gasteiger partial charge in [0.1, 0.15) is 0 Å². The van der Waals surface area contributed by atoms with Crippen LogP contribution in [0.5, 0.6) is 0 Å². The molecule has 1 saturated heterocycles. The summed E-state index contributed by atoms with van der Waals surface area (Å²) in [5.74, 6) is 0.971. The molecule has 4 aromatic rings. The predicted octanol–water partition coefficient (Wildman–Crippen LogP) is 4.38.